The Morgan fingerprint density at radius 2 is 0.862 bits per heavy atom. The van der Waals surface area contributed by atoms with Crippen LogP contribution in [0.1, 0.15) is 25.0 Å². The van der Waals surface area contributed by atoms with Gasteiger partial charge in [-0.25, -0.2) is 9.97 Å². The second-order valence-electron chi connectivity index (χ2n) is 15.8. The van der Waals surface area contributed by atoms with Gasteiger partial charge in [-0.1, -0.05) is 172 Å². The highest BCUT2D eigenvalue weighted by Gasteiger charge is 2.35. The van der Waals surface area contributed by atoms with E-state index in [9.17, 15) is 0 Å². The van der Waals surface area contributed by atoms with E-state index >= 15 is 0 Å². The third-order valence-corrected chi connectivity index (χ3v) is 12.0. The van der Waals surface area contributed by atoms with Crippen LogP contribution in [0.25, 0.3) is 94.8 Å². The molecule has 0 unspecified atom stereocenters. The molecule has 0 radical (unpaired) electrons. The Bertz CT molecular complexity index is 3060. The van der Waals surface area contributed by atoms with Crippen LogP contribution in [0.15, 0.2) is 200 Å². The maximum atomic E-state index is 5.10. The summed E-state index contributed by atoms with van der Waals surface area (Å²) in [4.78, 5) is 10.2. The number of rotatable bonds is 6. The van der Waals surface area contributed by atoms with E-state index in [0.717, 1.165) is 44.9 Å². The van der Waals surface area contributed by atoms with Crippen LogP contribution in [0.4, 0.5) is 0 Å². The van der Waals surface area contributed by atoms with Crippen molar-refractivity contribution in [2.24, 2.45) is 0 Å². The average Bonchev–Trinajstić information content (AvgIpc) is 3.75. The van der Waals surface area contributed by atoms with Crippen molar-refractivity contribution < 1.29 is 0 Å². The van der Waals surface area contributed by atoms with Gasteiger partial charge in [-0.2, -0.15) is 0 Å². The summed E-state index contributed by atoms with van der Waals surface area (Å²) >= 11 is 0. The summed E-state index contributed by atoms with van der Waals surface area (Å²) in [6, 6.07) is 72.0. The molecule has 0 fully saturated rings. The molecule has 1 aliphatic rings. The maximum absolute atomic E-state index is 5.10. The standard InChI is InChI=1S/C55H39N3/c1-55(2)48-22-12-9-19-44(48)45-30-29-40(34-49(45)55)42-31-41(32-43(33-42)58-52-23-13-10-20-46(52)47-21-11-14-24-53(47)58)36-25-27-39(28-26-36)54-56-50(37-15-5-3-6-16-37)35-51(57-54)38-17-7-4-8-18-38/h3-35H,1-2H3. The molecule has 0 aliphatic heterocycles. The molecule has 0 saturated carbocycles. The van der Waals surface area contributed by atoms with Crippen LogP contribution < -0.4 is 0 Å². The minimum Gasteiger partial charge on any atom is -0.309 e. The number of fused-ring (bicyclic) bond motifs is 6. The minimum absolute atomic E-state index is 0.0920. The van der Waals surface area contributed by atoms with Crippen molar-refractivity contribution in [3.05, 3.63) is 211 Å². The fourth-order valence-electron chi connectivity index (χ4n) is 9.06. The Labute approximate surface area is 338 Å². The van der Waals surface area contributed by atoms with E-state index in [1.807, 2.05) is 12.1 Å². The van der Waals surface area contributed by atoms with Gasteiger partial charge in [-0.15, -0.1) is 0 Å². The Hall–Kier alpha value is -7.36. The van der Waals surface area contributed by atoms with Gasteiger partial charge >= 0.3 is 0 Å². The van der Waals surface area contributed by atoms with Crippen molar-refractivity contribution in [1.82, 2.24) is 14.5 Å². The maximum Gasteiger partial charge on any atom is 0.160 e. The van der Waals surface area contributed by atoms with Gasteiger partial charge in [0, 0.05) is 38.6 Å². The Morgan fingerprint density at radius 1 is 0.362 bits per heavy atom. The molecule has 274 valence electrons. The fourth-order valence-corrected chi connectivity index (χ4v) is 9.06. The molecule has 1 aliphatic carbocycles. The van der Waals surface area contributed by atoms with Crippen molar-refractivity contribution >= 4 is 21.8 Å². The summed E-state index contributed by atoms with van der Waals surface area (Å²) in [5, 5.41) is 2.50. The van der Waals surface area contributed by atoms with Gasteiger partial charge < -0.3 is 4.57 Å². The zero-order chi connectivity index (χ0) is 38.8. The molecule has 0 amide bonds. The number of benzene rings is 8. The lowest BCUT2D eigenvalue weighted by atomic mass is 9.81. The number of hydrogen-bond donors (Lipinski definition) is 0. The quantitative estimate of drug-likeness (QED) is 0.170. The van der Waals surface area contributed by atoms with Crippen LogP contribution >= 0.6 is 0 Å². The van der Waals surface area contributed by atoms with Crippen molar-refractivity contribution in [2.75, 3.05) is 0 Å². The van der Waals surface area contributed by atoms with Crippen LogP contribution in [0.3, 0.4) is 0 Å². The number of nitrogens with zero attached hydrogens (tertiary/aromatic N) is 3. The van der Waals surface area contributed by atoms with E-state index in [2.05, 4.69) is 206 Å². The van der Waals surface area contributed by atoms with Gasteiger partial charge in [-0.05, 0) is 87.0 Å². The van der Waals surface area contributed by atoms with Crippen LogP contribution in [-0.4, -0.2) is 14.5 Å². The van der Waals surface area contributed by atoms with E-state index in [0.29, 0.717) is 5.82 Å². The van der Waals surface area contributed by atoms with Crippen molar-refractivity contribution in [2.45, 2.75) is 19.3 Å². The SMILES string of the molecule is CC1(C)c2ccccc2-c2ccc(-c3cc(-c4ccc(-c5nc(-c6ccccc6)cc(-c6ccccc6)n5)cc4)cc(-n4c5ccccc5c5ccccc54)c3)cc21. The van der Waals surface area contributed by atoms with E-state index in [1.165, 1.54) is 55.2 Å². The summed E-state index contributed by atoms with van der Waals surface area (Å²) in [5.41, 5.74) is 18.4. The smallest absolute Gasteiger partial charge is 0.160 e. The van der Waals surface area contributed by atoms with Crippen LogP contribution in [-0.2, 0) is 5.41 Å². The molecule has 0 atom stereocenters. The molecule has 0 spiro atoms. The van der Waals surface area contributed by atoms with E-state index in [-0.39, 0.29) is 5.41 Å². The molecule has 0 N–H and O–H groups in total. The number of hydrogen-bond acceptors (Lipinski definition) is 2. The predicted octanol–water partition coefficient (Wildman–Crippen LogP) is 14.2. The lowest BCUT2D eigenvalue weighted by molar-refractivity contribution is 0.660. The Balaban J connectivity index is 1.07. The fraction of sp³-hybridized carbons (Fsp3) is 0.0545. The third-order valence-electron chi connectivity index (χ3n) is 12.0. The molecule has 10 aromatic rings. The molecule has 11 rings (SSSR count). The minimum atomic E-state index is -0.0920. The molecule has 0 bridgehead atoms. The topological polar surface area (TPSA) is 30.7 Å². The lowest BCUT2D eigenvalue weighted by Crippen LogP contribution is -2.14. The Kier molecular flexibility index (Phi) is 7.84. The van der Waals surface area contributed by atoms with Crippen molar-refractivity contribution in [3.63, 3.8) is 0 Å². The third kappa shape index (κ3) is 5.58. The second-order valence-corrected chi connectivity index (χ2v) is 15.8. The van der Waals surface area contributed by atoms with Gasteiger partial charge in [-0.3, -0.25) is 0 Å². The first-order chi connectivity index (χ1) is 28.5. The van der Waals surface area contributed by atoms with Crippen molar-refractivity contribution in [1.29, 1.82) is 0 Å². The number of para-hydroxylation sites is 2. The van der Waals surface area contributed by atoms with E-state index < -0.39 is 0 Å². The van der Waals surface area contributed by atoms with Gasteiger partial charge in [0.1, 0.15) is 0 Å². The zero-order valence-electron chi connectivity index (χ0n) is 32.4. The van der Waals surface area contributed by atoms with Crippen LogP contribution in [0, 0.1) is 0 Å². The normalized spacial score (nSPS) is 12.8. The molecule has 3 heteroatoms. The highest BCUT2D eigenvalue weighted by Crippen LogP contribution is 2.50. The van der Waals surface area contributed by atoms with Gasteiger partial charge in [0.25, 0.3) is 0 Å². The first-order valence-corrected chi connectivity index (χ1v) is 20.0. The number of aromatic nitrogens is 3. The summed E-state index contributed by atoms with van der Waals surface area (Å²) in [6.07, 6.45) is 0. The van der Waals surface area contributed by atoms with Crippen LogP contribution in [0.5, 0.6) is 0 Å². The monoisotopic (exact) mass is 741 g/mol. The summed E-state index contributed by atoms with van der Waals surface area (Å²) in [5.74, 6) is 0.702. The van der Waals surface area contributed by atoms with Gasteiger partial charge in [0.05, 0.1) is 22.4 Å². The molecular formula is C55H39N3. The molecule has 8 aromatic carbocycles. The Morgan fingerprint density at radius 3 is 1.50 bits per heavy atom. The van der Waals surface area contributed by atoms with Gasteiger partial charge in [0.2, 0.25) is 0 Å². The summed E-state index contributed by atoms with van der Waals surface area (Å²) in [7, 11) is 0. The highest BCUT2D eigenvalue weighted by molar-refractivity contribution is 6.09. The van der Waals surface area contributed by atoms with Gasteiger partial charge in [0.15, 0.2) is 5.82 Å². The van der Waals surface area contributed by atoms with E-state index in [4.69, 9.17) is 9.97 Å². The average molecular weight is 742 g/mol. The molecule has 58 heavy (non-hydrogen) atoms. The highest BCUT2D eigenvalue weighted by atomic mass is 15.0. The molecule has 2 heterocycles. The lowest BCUT2D eigenvalue weighted by Gasteiger charge is -2.22. The molecule has 2 aromatic heterocycles. The predicted molar refractivity (Wildman–Crippen MR) is 241 cm³/mol. The molecular weight excluding hydrogens is 703 g/mol. The molecule has 3 nitrogen and oxygen atoms in total. The summed E-state index contributed by atoms with van der Waals surface area (Å²) in [6.45, 7) is 4.70. The summed E-state index contributed by atoms with van der Waals surface area (Å²) < 4.78 is 2.42. The molecule has 0 saturated heterocycles. The first-order valence-electron chi connectivity index (χ1n) is 20.0. The van der Waals surface area contributed by atoms with E-state index in [1.54, 1.807) is 0 Å². The second kappa shape index (κ2) is 13.4. The zero-order valence-corrected chi connectivity index (χ0v) is 32.4. The van der Waals surface area contributed by atoms with Crippen molar-refractivity contribution in [3.8, 4) is 73.0 Å². The largest absolute Gasteiger partial charge is 0.309 e. The van der Waals surface area contributed by atoms with Crippen LogP contribution in [0.2, 0.25) is 0 Å². The first kappa shape index (κ1) is 33.9.